The molecule has 1 atom stereocenters. The number of hydrazone groups is 1. The molecule has 2 aliphatic heterocycles. The number of hydrogen-bond acceptors (Lipinski definition) is 7. The SMILES string of the molecule is COc1ccc(N/N=C2/C[C@H](CN3C(=O)c4ccccc4C3=O)OC2=O)cc1. The molecule has 1 N–H and O–H groups in total. The third-order valence-electron chi connectivity index (χ3n) is 4.60. The van der Waals surface area contributed by atoms with Crippen molar-refractivity contribution in [2.24, 2.45) is 5.10 Å². The molecule has 0 bridgehead atoms. The Morgan fingerprint density at radius 3 is 2.32 bits per heavy atom. The summed E-state index contributed by atoms with van der Waals surface area (Å²) >= 11 is 0. The van der Waals surface area contributed by atoms with Crippen LogP contribution in [0, 0.1) is 0 Å². The van der Waals surface area contributed by atoms with Crippen molar-refractivity contribution in [1.82, 2.24) is 4.90 Å². The highest BCUT2D eigenvalue weighted by molar-refractivity contribution is 6.38. The average Bonchev–Trinajstić information content (AvgIpc) is 3.19. The first-order chi connectivity index (χ1) is 13.6. The monoisotopic (exact) mass is 379 g/mol. The van der Waals surface area contributed by atoms with E-state index < -0.39 is 12.1 Å². The number of ether oxygens (including phenoxy) is 2. The van der Waals surface area contributed by atoms with Crippen LogP contribution in [0.2, 0.25) is 0 Å². The van der Waals surface area contributed by atoms with Crippen LogP contribution >= 0.6 is 0 Å². The number of esters is 1. The lowest BCUT2D eigenvalue weighted by Crippen LogP contribution is -2.36. The molecule has 0 saturated carbocycles. The van der Waals surface area contributed by atoms with Crippen LogP contribution in [-0.4, -0.2) is 48.2 Å². The summed E-state index contributed by atoms with van der Waals surface area (Å²) in [4.78, 5) is 38.0. The molecule has 0 unspecified atom stereocenters. The molecule has 0 aliphatic carbocycles. The molecule has 0 radical (unpaired) electrons. The zero-order valence-electron chi connectivity index (χ0n) is 15.0. The maximum atomic E-state index is 12.4. The molecule has 2 amide bonds. The third-order valence-corrected chi connectivity index (χ3v) is 4.60. The number of carbonyl (C=O) groups excluding carboxylic acids is 3. The van der Waals surface area contributed by atoms with Gasteiger partial charge in [0.2, 0.25) is 0 Å². The predicted octanol–water partition coefficient (Wildman–Crippen LogP) is 2.07. The van der Waals surface area contributed by atoms with Gasteiger partial charge in [0.1, 0.15) is 17.6 Å². The lowest BCUT2D eigenvalue weighted by Gasteiger charge is -2.17. The third kappa shape index (κ3) is 3.20. The Bertz CT molecular complexity index is 949. The van der Waals surface area contributed by atoms with Crippen molar-refractivity contribution in [3.05, 3.63) is 59.7 Å². The number of fused-ring (bicyclic) bond motifs is 1. The van der Waals surface area contributed by atoms with Crippen molar-refractivity contribution < 1.29 is 23.9 Å². The second-order valence-corrected chi connectivity index (χ2v) is 6.40. The number of benzene rings is 2. The molecule has 1 saturated heterocycles. The first-order valence-corrected chi connectivity index (χ1v) is 8.69. The van der Waals surface area contributed by atoms with E-state index in [1.54, 1.807) is 55.6 Å². The number of nitrogens with one attached hydrogen (secondary N) is 1. The average molecular weight is 379 g/mol. The zero-order valence-corrected chi connectivity index (χ0v) is 15.0. The van der Waals surface area contributed by atoms with Crippen LogP contribution in [0.4, 0.5) is 5.69 Å². The van der Waals surface area contributed by atoms with Gasteiger partial charge in [-0.1, -0.05) is 12.1 Å². The minimum absolute atomic E-state index is 0.000355. The Morgan fingerprint density at radius 2 is 1.71 bits per heavy atom. The summed E-state index contributed by atoms with van der Waals surface area (Å²) in [5.41, 5.74) is 4.42. The van der Waals surface area contributed by atoms with Gasteiger partial charge in [0.05, 0.1) is 30.5 Å². The smallest absolute Gasteiger partial charge is 0.354 e. The Kier molecular flexibility index (Phi) is 4.52. The van der Waals surface area contributed by atoms with Gasteiger partial charge in [-0.25, -0.2) is 4.79 Å². The van der Waals surface area contributed by atoms with Crippen LogP contribution in [0.5, 0.6) is 5.75 Å². The number of amides is 2. The van der Waals surface area contributed by atoms with E-state index >= 15 is 0 Å². The second kappa shape index (κ2) is 7.15. The van der Waals surface area contributed by atoms with Crippen LogP contribution in [0.1, 0.15) is 27.1 Å². The number of imide groups is 1. The lowest BCUT2D eigenvalue weighted by molar-refractivity contribution is -0.137. The molecule has 142 valence electrons. The molecular weight excluding hydrogens is 362 g/mol. The van der Waals surface area contributed by atoms with E-state index in [4.69, 9.17) is 9.47 Å². The summed E-state index contributed by atoms with van der Waals surface area (Å²) in [6.07, 6.45) is -0.416. The summed E-state index contributed by atoms with van der Waals surface area (Å²) in [5, 5.41) is 4.10. The summed E-state index contributed by atoms with van der Waals surface area (Å²) in [5.74, 6) is -0.612. The molecule has 8 heteroatoms. The molecule has 28 heavy (non-hydrogen) atoms. The maximum absolute atomic E-state index is 12.4. The fourth-order valence-corrected chi connectivity index (χ4v) is 3.16. The van der Waals surface area contributed by atoms with Crippen molar-refractivity contribution >= 4 is 29.2 Å². The molecule has 2 aromatic rings. The Labute approximate surface area is 160 Å². The highest BCUT2D eigenvalue weighted by Gasteiger charge is 2.40. The molecule has 4 rings (SSSR count). The topological polar surface area (TPSA) is 97.3 Å². The number of cyclic esters (lactones) is 1. The molecular formula is C20H17N3O5. The predicted molar refractivity (Wildman–Crippen MR) is 100 cm³/mol. The minimum Gasteiger partial charge on any atom is -0.497 e. The van der Waals surface area contributed by atoms with Crippen LogP contribution in [-0.2, 0) is 9.53 Å². The summed E-state index contributed by atoms with van der Waals surface area (Å²) in [7, 11) is 1.58. The highest BCUT2D eigenvalue weighted by atomic mass is 16.6. The molecule has 8 nitrogen and oxygen atoms in total. The van der Waals surface area contributed by atoms with E-state index in [2.05, 4.69) is 10.5 Å². The first kappa shape index (κ1) is 17.7. The normalized spacial score (nSPS) is 19.8. The quantitative estimate of drug-likeness (QED) is 0.485. The van der Waals surface area contributed by atoms with Crippen molar-refractivity contribution in [1.29, 1.82) is 0 Å². The molecule has 2 aliphatic rings. The Morgan fingerprint density at radius 1 is 1.07 bits per heavy atom. The van der Waals surface area contributed by atoms with Gasteiger partial charge in [-0.15, -0.1) is 0 Å². The molecule has 1 fully saturated rings. The molecule has 0 aromatic heterocycles. The summed E-state index contributed by atoms with van der Waals surface area (Å²) < 4.78 is 10.4. The maximum Gasteiger partial charge on any atom is 0.354 e. The summed E-state index contributed by atoms with van der Waals surface area (Å²) in [6, 6.07) is 13.7. The van der Waals surface area contributed by atoms with Gasteiger partial charge < -0.3 is 9.47 Å². The number of carbonyl (C=O) groups is 3. The minimum atomic E-state index is -0.619. The first-order valence-electron chi connectivity index (χ1n) is 8.69. The second-order valence-electron chi connectivity index (χ2n) is 6.40. The Balaban J connectivity index is 1.41. The van der Waals surface area contributed by atoms with E-state index in [0.717, 1.165) is 4.90 Å². The largest absolute Gasteiger partial charge is 0.497 e. The Hall–Kier alpha value is -3.68. The molecule has 2 heterocycles. The summed E-state index contributed by atoms with van der Waals surface area (Å²) in [6.45, 7) is -0.000355. The van der Waals surface area contributed by atoms with Gasteiger partial charge in [-0.2, -0.15) is 5.10 Å². The van der Waals surface area contributed by atoms with Gasteiger partial charge >= 0.3 is 5.97 Å². The van der Waals surface area contributed by atoms with E-state index in [1.165, 1.54) is 0 Å². The van der Waals surface area contributed by atoms with E-state index in [1.807, 2.05) is 0 Å². The van der Waals surface area contributed by atoms with E-state index in [0.29, 0.717) is 22.6 Å². The van der Waals surface area contributed by atoms with Gasteiger partial charge in [0.15, 0.2) is 0 Å². The zero-order chi connectivity index (χ0) is 19.7. The van der Waals surface area contributed by atoms with Crippen LogP contribution in [0.15, 0.2) is 53.6 Å². The van der Waals surface area contributed by atoms with Crippen molar-refractivity contribution in [3.8, 4) is 5.75 Å². The van der Waals surface area contributed by atoms with Crippen LogP contribution < -0.4 is 10.2 Å². The lowest BCUT2D eigenvalue weighted by atomic mass is 10.1. The number of hydrogen-bond donors (Lipinski definition) is 1. The van der Waals surface area contributed by atoms with Gasteiger partial charge in [0, 0.05) is 6.42 Å². The van der Waals surface area contributed by atoms with Gasteiger partial charge in [-0.05, 0) is 36.4 Å². The van der Waals surface area contributed by atoms with Crippen LogP contribution in [0.25, 0.3) is 0 Å². The fourth-order valence-electron chi connectivity index (χ4n) is 3.16. The standard InChI is InChI=1S/C20H17N3O5/c1-27-13-8-6-12(7-9-13)21-22-17-10-14(28-20(17)26)11-23-18(24)15-4-2-3-5-16(15)19(23)25/h2-9,14,21H,10-11H2,1H3/b22-17-/t14-/m1/s1. The van der Waals surface area contributed by atoms with Crippen molar-refractivity contribution in [2.75, 3.05) is 19.1 Å². The number of anilines is 1. The molecule has 0 spiro atoms. The number of methoxy groups -OCH3 is 1. The van der Waals surface area contributed by atoms with Crippen molar-refractivity contribution in [3.63, 3.8) is 0 Å². The fraction of sp³-hybridized carbons (Fsp3) is 0.200. The van der Waals surface area contributed by atoms with E-state index in [9.17, 15) is 14.4 Å². The van der Waals surface area contributed by atoms with Crippen molar-refractivity contribution in [2.45, 2.75) is 12.5 Å². The van der Waals surface area contributed by atoms with Gasteiger partial charge in [-0.3, -0.25) is 19.9 Å². The number of rotatable bonds is 5. The van der Waals surface area contributed by atoms with Crippen LogP contribution in [0.3, 0.4) is 0 Å². The highest BCUT2D eigenvalue weighted by Crippen LogP contribution is 2.25. The number of nitrogens with zero attached hydrogens (tertiary/aromatic N) is 2. The van der Waals surface area contributed by atoms with Gasteiger partial charge in [0.25, 0.3) is 11.8 Å². The van der Waals surface area contributed by atoms with E-state index in [-0.39, 0.29) is 30.5 Å². The molecule has 2 aromatic carbocycles.